The lowest BCUT2D eigenvalue weighted by Gasteiger charge is -2.09. The number of nitrogens with zero attached hydrogens (tertiary/aromatic N) is 1. The van der Waals surface area contributed by atoms with E-state index in [-0.39, 0.29) is 0 Å². The zero-order valence-electron chi connectivity index (χ0n) is 9.76. The molecule has 0 saturated heterocycles. The first-order chi connectivity index (χ1) is 9.16. The summed E-state index contributed by atoms with van der Waals surface area (Å²) in [6, 6.07) is 10.0. The molecule has 0 atom stereocenters. The molecule has 2 amide bonds. The van der Waals surface area contributed by atoms with E-state index in [1.807, 2.05) is 0 Å². The second-order valence-corrected chi connectivity index (χ2v) is 4.45. The Morgan fingerprint density at radius 3 is 2.68 bits per heavy atom. The summed E-state index contributed by atoms with van der Waals surface area (Å²) in [7, 11) is 0. The lowest BCUT2D eigenvalue weighted by Crippen LogP contribution is -2.33. The van der Waals surface area contributed by atoms with Gasteiger partial charge in [-0.25, -0.2) is 4.79 Å². The number of urea groups is 1. The molecular formula is C13H10ClN3OS. The third kappa shape index (κ3) is 3.74. The lowest BCUT2D eigenvalue weighted by atomic mass is 10.3. The maximum Gasteiger partial charge on any atom is 0.324 e. The molecule has 0 fully saturated rings. The fourth-order valence-corrected chi connectivity index (χ4v) is 1.78. The third-order valence-electron chi connectivity index (χ3n) is 2.27. The Kier molecular flexibility index (Phi) is 4.43. The number of benzene rings is 1. The number of carbonyl (C=O) groups excluding carboxylic acids is 1. The van der Waals surface area contributed by atoms with Crippen LogP contribution >= 0.6 is 23.8 Å². The van der Waals surface area contributed by atoms with Gasteiger partial charge >= 0.3 is 6.03 Å². The summed E-state index contributed by atoms with van der Waals surface area (Å²) in [6.07, 6.45) is 3.22. The number of amides is 2. The van der Waals surface area contributed by atoms with Gasteiger partial charge in [-0.3, -0.25) is 10.3 Å². The van der Waals surface area contributed by atoms with Gasteiger partial charge in [0, 0.05) is 18.0 Å². The van der Waals surface area contributed by atoms with Gasteiger partial charge in [0.2, 0.25) is 0 Å². The quantitative estimate of drug-likeness (QED) is 0.835. The van der Waals surface area contributed by atoms with Crippen LogP contribution in [0.4, 0.5) is 10.5 Å². The van der Waals surface area contributed by atoms with E-state index in [1.165, 1.54) is 0 Å². The molecule has 4 nitrogen and oxygen atoms in total. The number of hydrogen-bond donors (Lipinski definition) is 2. The normalized spacial score (nSPS) is 9.74. The van der Waals surface area contributed by atoms with E-state index in [0.717, 1.165) is 0 Å². The minimum atomic E-state index is -0.443. The Balaban J connectivity index is 1.99. The largest absolute Gasteiger partial charge is 0.324 e. The molecular weight excluding hydrogens is 282 g/mol. The molecule has 0 aliphatic heterocycles. The molecule has 0 unspecified atom stereocenters. The predicted octanol–water partition coefficient (Wildman–Crippen LogP) is 3.23. The minimum Gasteiger partial charge on any atom is -0.306 e. The summed E-state index contributed by atoms with van der Waals surface area (Å²) in [5, 5.41) is 5.64. The lowest BCUT2D eigenvalue weighted by molar-refractivity contribution is 0.256. The molecule has 0 aliphatic carbocycles. The van der Waals surface area contributed by atoms with Crippen LogP contribution < -0.4 is 10.6 Å². The van der Waals surface area contributed by atoms with Crippen molar-refractivity contribution < 1.29 is 4.79 Å². The first-order valence-electron chi connectivity index (χ1n) is 5.43. The van der Waals surface area contributed by atoms with Crippen LogP contribution in [0.2, 0.25) is 5.02 Å². The van der Waals surface area contributed by atoms with E-state index in [2.05, 4.69) is 15.6 Å². The maximum atomic E-state index is 11.8. The SMILES string of the molecule is O=C(NC(=S)c1cccnc1)Nc1ccccc1Cl. The molecule has 96 valence electrons. The summed E-state index contributed by atoms with van der Waals surface area (Å²) < 4.78 is 0. The molecule has 0 saturated carbocycles. The Morgan fingerprint density at radius 1 is 1.21 bits per heavy atom. The number of nitrogens with one attached hydrogen (secondary N) is 2. The van der Waals surface area contributed by atoms with Gasteiger partial charge in [-0.15, -0.1) is 0 Å². The van der Waals surface area contributed by atoms with E-state index >= 15 is 0 Å². The van der Waals surface area contributed by atoms with Crippen molar-refractivity contribution in [2.75, 3.05) is 5.32 Å². The van der Waals surface area contributed by atoms with E-state index in [0.29, 0.717) is 21.3 Å². The first-order valence-corrected chi connectivity index (χ1v) is 6.22. The second kappa shape index (κ2) is 6.26. The number of halogens is 1. The fourth-order valence-electron chi connectivity index (χ4n) is 1.39. The van der Waals surface area contributed by atoms with Gasteiger partial charge in [0.15, 0.2) is 0 Å². The number of carbonyl (C=O) groups is 1. The summed E-state index contributed by atoms with van der Waals surface area (Å²) >= 11 is 11.0. The van der Waals surface area contributed by atoms with E-state index in [9.17, 15) is 4.79 Å². The van der Waals surface area contributed by atoms with Crippen molar-refractivity contribution in [3.8, 4) is 0 Å². The highest BCUT2D eigenvalue weighted by atomic mass is 35.5. The van der Waals surface area contributed by atoms with Gasteiger partial charge < -0.3 is 5.32 Å². The van der Waals surface area contributed by atoms with Crippen LogP contribution in [0.5, 0.6) is 0 Å². The molecule has 2 N–H and O–H groups in total. The predicted molar refractivity (Wildman–Crippen MR) is 79.5 cm³/mol. The Hall–Kier alpha value is -1.98. The van der Waals surface area contributed by atoms with Crippen LogP contribution in [-0.2, 0) is 0 Å². The molecule has 2 rings (SSSR count). The number of pyridine rings is 1. The van der Waals surface area contributed by atoms with Gasteiger partial charge in [-0.05, 0) is 24.3 Å². The number of thiocarbonyl (C=S) groups is 1. The highest BCUT2D eigenvalue weighted by Gasteiger charge is 2.08. The fraction of sp³-hybridized carbons (Fsp3) is 0. The minimum absolute atomic E-state index is 0.303. The summed E-state index contributed by atoms with van der Waals surface area (Å²) in [6.45, 7) is 0. The maximum absolute atomic E-state index is 11.8. The van der Waals surface area contributed by atoms with Crippen LogP contribution in [0.1, 0.15) is 5.56 Å². The molecule has 6 heteroatoms. The van der Waals surface area contributed by atoms with E-state index in [1.54, 1.807) is 48.8 Å². The second-order valence-electron chi connectivity index (χ2n) is 3.63. The van der Waals surface area contributed by atoms with Crippen molar-refractivity contribution in [2.45, 2.75) is 0 Å². The van der Waals surface area contributed by atoms with Crippen molar-refractivity contribution in [1.82, 2.24) is 10.3 Å². The molecule has 0 spiro atoms. The summed E-state index contributed by atoms with van der Waals surface area (Å²) in [5.41, 5.74) is 1.20. The highest BCUT2D eigenvalue weighted by Crippen LogP contribution is 2.20. The van der Waals surface area contributed by atoms with Gasteiger partial charge in [-0.1, -0.05) is 36.0 Å². The summed E-state index contributed by atoms with van der Waals surface area (Å²) in [4.78, 5) is 16.0. The first kappa shape index (κ1) is 13.5. The molecule has 0 aliphatic rings. The molecule has 0 radical (unpaired) electrons. The van der Waals surface area contributed by atoms with Crippen LogP contribution in [-0.4, -0.2) is 16.0 Å². The molecule has 2 aromatic rings. The highest BCUT2D eigenvalue weighted by molar-refractivity contribution is 7.80. The third-order valence-corrected chi connectivity index (χ3v) is 2.94. The molecule has 0 bridgehead atoms. The zero-order chi connectivity index (χ0) is 13.7. The smallest absolute Gasteiger partial charge is 0.306 e. The molecule has 1 aromatic heterocycles. The van der Waals surface area contributed by atoms with Crippen molar-refractivity contribution in [1.29, 1.82) is 0 Å². The average molecular weight is 292 g/mol. The van der Waals surface area contributed by atoms with Gasteiger partial charge in [0.25, 0.3) is 0 Å². The van der Waals surface area contributed by atoms with Crippen molar-refractivity contribution in [3.05, 3.63) is 59.4 Å². The van der Waals surface area contributed by atoms with Gasteiger partial charge in [0.05, 0.1) is 10.7 Å². The van der Waals surface area contributed by atoms with E-state index < -0.39 is 6.03 Å². The number of anilines is 1. The van der Waals surface area contributed by atoms with Crippen LogP contribution in [0, 0.1) is 0 Å². The molecule has 19 heavy (non-hydrogen) atoms. The standard InChI is InChI=1S/C13H10ClN3OS/c14-10-5-1-2-6-11(10)16-13(18)17-12(19)9-4-3-7-15-8-9/h1-8H,(H2,16,17,18,19). The Morgan fingerprint density at radius 2 is 2.00 bits per heavy atom. The Bertz CT molecular complexity index is 604. The molecule has 1 heterocycles. The van der Waals surface area contributed by atoms with Crippen LogP contribution in [0.25, 0.3) is 0 Å². The summed E-state index contributed by atoms with van der Waals surface area (Å²) in [5.74, 6) is 0. The average Bonchev–Trinajstić information content (AvgIpc) is 2.42. The zero-order valence-corrected chi connectivity index (χ0v) is 11.3. The van der Waals surface area contributed by atoms with E-state index in [4.69, 9.17) is 23.8 Å². The number of hydrogen-bond acceptors (Lipinski definition) is 3. The topological polar surface area (TPSA) is 54.0 Å². The monoisotopic (exact) mass is 291 g/mol. The Labute approximate surface area is 120 Å². The van der Waals surface area contributed by atoms with Crippen molar-refractivity contribution in [3.63, 3.8) is 0 Å². The van der Waals surface area contributed by atoms with Crippen LogP contribution in [0.3, 0.4) is 0 Å². The van der Waals surface area contributed by atoms with Gasteiger partial charge in [0.1, 0.15) is 4.99 Å². The van der Waals surface area contributed by atoms with Crippen LogP contribution in [0.15, 0.2) is 48.8 Å². The van der Waals surface area contributed by atoms with Gasteiger partial charge in [-0.2, -0.15) is 0 Å². The molecule has 1 aromatic carbocycles. The number of aromatic nitrogens is 1. The van der Waals surface area contributed by atoms with Crippen molar-refractivity contribution in [2.24, 2.45) is 0 Å². The number of rotatable bonds is 2. The number of para-hydroxylation sites is 1. The van der Waals surface area contributed by atoms with Crippen molar-refractivity contribution >= 4 is 40.5 Å².